The molecule has 0 saturated heterocycles. The Morgan fingerprint density at radius 1 is 1.09 bits per heavy atom. The monoisotopic (exact) mass is 497 g/mol. The molecule has 3 heterocycles. The van der Waals surface area contributed by atoms with Gasteiger partial charge in [0.2, 0.25) is 0 Å². The average Bonchev–Trinajstić information content (AvgIpc) is 3.27. The fourth-order valence-electron chi connectivity index (χ4n) is 3.61. The molecule has 0 aliphatic carbocycles. The van der Waals surface area contributed by atoms with E-state index in [-0.39, 0.29) is 22.7 Å². The summed E-state index contributed by atoms with van der Waals surface area (Å²) >= 11 is 2.45. The molecule has 4 rings (SSSR count). The summed E-state index contributed by atoms with van der Waals surface area (Å²) in [4.78, 5) is 57.0. The van der Waals surface area contributed by atoms with E-state index in [4.69, 9.17) is 5.73 Å². The van der Waals surface area contributed by atoms with Crippen LogP contribution in [0.4, 0.5) is 5.82 Å². The maximum Gasteiger partial charge on any atom is 0.332 e. The molecule has 2 N–H and O–H groups in total. The third kappa shape index (κ3) is 4.12. The van der Waals surface area contributed by atoms with E-state index in [1.165, 1.54) is 27.5 Å². The van der Waals surface area contributed by atoms with Crippen LogP contribution in [-0.4, -0.2) is 30.2 Å². The molecule has 34 heavy (non-hydrogen) atoms. The highest BCUT2D eigenvalue weighted by Crippen LogP contribution is 2.32. The van der Waals surface area contributed by atoms with Gasteiger partial charge in [0.25, 0.3) is 11.1 Å². The Bertz CT molecular complexity index is 1580. The molecule has 0 spiro atoms. The molecule has 0 saturated carbocycles. The lowest BCUT2D eigenvalue weighted by Gasteiger charge is -2.14. The summed E-state index contributed by atoms with van der Waals surface area (Å²) in [6.45, 7) is 2.16. The number of ketones is 1. The molecule has 1 aromatic carbocycles. The zero-order chi connectivity index (χ0) is 24.6. The minimum atomic E-state index is -0.733. The molecule has 11 heteroatoms. The molecular weight excluding hydrogens is 474 g/mol. The molecule has 0 radical (unpaired) electrons. The molecule has 0 bridgehead atoms. The largest absolute Gasteiger partial charge is 0.384 e. The fourth-order valence-corrected chi connectivity index (χ4v) is 5.53. The first-order valence-corrected chi connectivity index (χ1v) is 12.4. The topological polar surface area (TPSA) is 122 Å². The molecule has 4 aromatic rings. The van der Waals surface area contributed by atoms with Crippen molar-refractivity contribution >= 4 is 44.9 Å². The Kier molecular flexibility index (Phi) is 6.58. The minimum Gasteiger partial charge on any atom is -0.384 e. The van der Waals surface area contributed by atoms with Crippen LogP contribution in [0.2, 0.25) is 0 Å². The van der Waals surface area contributed by atoms with Crippen molar-refractivity contribution in [2.45, 2.75) is 25.0 Å². The van der Waals surface area contributed by atoms with Crippen LogP contribution in [0, 0.1) is 0 Å². The second-order valence-corrected chi connectivity index (χ2v) is 9.70. The van der Waals surface area contributed by atoms with Crippen LogP contribution in [0.1, 0.15) is 23.7 Å². The van der Waals surface area contributed by atoms with E-state index in [1.54, 1.807) is 7.05 Å². The van der Waals surface area contributed by atoms with Crippen LogP contribution >= 0.6 is 23.1 Å². The fraction of sp³-hybridized carbons (Fsp3) is 0.261. The number of carbonyl (C=O) groups excluding carboxylic acids is 1. The number of rotatable bonds is 7. The third-order valence-corrected chi connectivity index (χ3v) is 7.54. The van der Waals surface area contributed by atoms with Crippen molar-refractivity contribution in [2.24, 2.45) is 14.1 Å². The van der Waals surface area contributed by atoms with Gasteiger partial charge in [0.15, 0.2) is 10.9 Å². The molecular formula is C23H23N5O4S2. The number of thioether (sulfide) groups is 1. The van der Waals surface area contributed by atoms with Crippen molar-refractivity contribution in [3.63, 3.8) is 0 Å². The smallest absolute Gasteiger partial charge is 0.332 e. The summed E-state index contributed by atoms with van der Waals surface area (Å²) in [6.07, 6.45) is 0.614. The molecule has 0 amide bonds. The van der Waals surface area contributed by atoms with E-state index >= 15 is 0 Å². The number of aromatic nitrogens is 4. The van der Waals surface area contributed by atoms with Gasteiger partial charge in [-0.1, -0.05) is 49.0 Å². The number of nitrogen functional groups attached to an aromatic ring is 1. The van der Waals surface area contributed by atoms with Crippen LogP contribution in [0.15, 0.2) is 55.9 Å². The number of fused-ring (bicyclic) bond motifs is 1. The predicted octanol–water partition coefficient (Wildman–Crippen LogP) is 2.49. The van der Waals surface area contributed by atoms with Crippen LogP contribution in [0.25, 0.3) is 20.7 Å². The van der Waals surface area contributed by atoms with Gasteiger partial charge in [0, 0.05) is 25.5 Å². The zero-order valence-corrected chi connectivity index (χ0v) is 20.5. The molecule has 0 atom stereocenters. The highest BCUT2D eigenvalue weighted by molar-refractivity contribution is 7.99. The number of hydrogen-bond acceptors (Lipinski definition) is 8. The van der Waals surface area contributed by atoms with E-state index in [0.29, 0.717) is 28.3 Å². The lowest BCUT2D eigenvalue weighted by Crippen LogP contribution is -2.42. The van der Waals surface area contributed by atoms with E-state index in [2.05, 4.69) is 4.98 Å². The van der Waals surface area contributed by atoms with Gasteiger partial charge in [-0.2, -0.15) is 0 Å². The van der Waals surface area contributed by atoms with Crippen LogP contribution in [0.3, 0.4) is 0 Å². The van der Waals surface area contributed by atoms with Crippen molar-refractivity contribution in [1.82, 2.24) is 18.7 Å². The number of nitrogens with zero attached hydrogens (tertiary/aromatic N) is 4. The van der Waals surface area contributed by atoms with Crippen molar-refractivity contribution in [2.75, 3.05) is 11.5 Å². The van der Waals surface area contributed by atoms with Crippen molar-refractivity contribution in [1.29, 1.82) is 0 Å². The normalized spacial score (nSPS) is 11.3. The average molecular weight is 498 g/mol. The van der Waals surface area contributed by atoms with E-state index in [9.17, 15) is 19.2 Å². The standard InChI is InChI=1S/C23H23N5O4S2/c1-4-10-28-18(24)17(21(31)27(3)23(28)32)15(29)12-33-22-25-19-14(20(30)26(22)2)11-16(34-19)13-8-6-5-7-9-13/h5-9,11H,4,10,12,24H2,1-3H3. The Balaban J connectivity index is 1.67. The number of thiophene rings is 1. The molecule has 3 aromatic heterocycles. The Hall–Kier alpha value is -3.44. The first-order chi connectivity index (χ1) is 16.2. The van der Waals surface area contributed by atoms with Crippen molar-refractivity contribution in [3.8, 4) is 10.4 Å². The third-order valence-electron chi connectivity index (χ3n) is 5.43. The van der Waals surface area contributed by atoms with Crippen molar-refractivity contribution in [3.05, 3.63) is 73.2 Å². The maximum atomic E-state index is 13.0. The highest BCUT2D eigenvalue weighted by Gasteiger charge is 2.22. The summed E-state index contributed by atoms with van der Waals surface area (Å²) in [5.74, 6) is -0.825. The predicted molar refractivity (Wildman–Crippen MR) is 136 cm³/mol. The molecule has 0 aliphatic heterocycles. The minimum absolute atomic E-state index is 0.136. The SMILES string of the molecule is CCCn1c(N)c(C(=O)CSc2nc3sc(-c4ccccc4)cc3c(=O)n2C)c(=O)n(C)c1=O. The number of hydrogen-bond donors (Lipinski definition) is 1. The maximum absolute atomic E-state index is 13.0. The molecule has 176 valence electrons. The zero-order valence-electron chi connectivity index (χ0n) is 18.9. The van der Waals surface area contributed by atoms with Gasteiger partial charge in [-0.25, -0.2) is 9.78 Å². The Morgan fingerprint density at radius 3 is 2.47 bits per heavy atom. The molecule has 0 fully saturated rings. The number of nitrogens with two attached hydrogens (primary N) is 1. The van der Waals surface area contributed by atoms with Crippen molar-refractivity contribution < 1.29 is 4.79 Å². The summed E-state index contributed by atoms with van der Waals surface area (Å²) in [5.41, 5.74) is 5.30. The van der Waals surface area contributed by atoms with Crippen LogP contribution < -0.4 is 22.5 Å². The first-order valence-electron chi connectivity index (χ1n) is 10.6. The summed E-state index contributed by atoms with van der Waals surface area (Å²) in [7, 11) is 2.91. The van der Waals surface area contributed by atoms with Gasteiger partial charge in [-0.15, -0.1) is 11.3 Å². The van der Waals surface area contributed by atoms with Gasteiger partial charge < -0.3 is 5.73 Å². The number of anilines is 1. The van der Waals surface area contributed by atoms with E-state index in [1.807, 2.05) is 43.3 Å². The lowest BCUT2D eigenvalue weighted by atomic mass is 10.2. The Morgan fingerprint density at radius 2 is 1.79 bits per heavy atom. The molecule has 9 nitrogen and oxygen atoms in total. The Labute approximate surface area is 202 Å². The van der Waals surface area contributed by atoms with E-state index in [0.717, 1.165) is 26.8 Å². The quantitative estimate of drug-likeness (QED) is 0.236. The number of carbonyl (C=O) groups is 1. The van der Waals surface area contributed by atoms with Gasteiger partial charge in [0.1, 0.15) is 16.2 Å². The second-order valence-electron chi connectivity index (χ2n) is 7.72. The summed E-state index contributed by atoms with van der Waals surface area (Å²) < 4.78 is 3.51. The number of Topliss-reactive ketones (excluding diaryl/α,β-unsaturated/α-hetero) is 1. The van der Waals surface area contributed by atoms with Gasteiger partial charge >= 0.3 is 5.69 Å². The highest BCUT2D eigenvalue weighted by atomic mass is 32.2. The molecule has 0 aliphatic rings. The number of benzene rings is 1. The second kappa shape index (κ2) is 9.43. The molecule has 0 unspecified atom stereocenters. The van der Waals surface area contributed by atoms with Crippen LogP contribution in [0.5, 0.6) is 0 Å². The van der Waals surface area contributed by atoms with Crippen LogP contribution in [-0.2, 0) is 20.6 Å². The van der Waals surface area contributed by atoms with Gasteiger partial charge in [0.05, 0.1) is 11.1 Å². The first kappa shape index (κ1) is 23.7. The van der Waals surface area contributed by atoms with Gasteiger partial charge in [-0.05, 0) is 18.1 Å². The van der Waals surface area contributed by atoms with E-state index < -0.39 is 17.0 Å². The summed E-state index contributed by atoms with van der Waals surface area (Å²) in [5, 5.41) is 0.858. The summed E-state index contributed by atoms with van der Waals surface area (Å²) in [6, 6.07) is 11.5. The van der Waals surface area contributed by atoms with Gasteiger partial charge in [-0.3, -0.25) is 28.1 Å². The lowest BCUT2D eigenvalue weighted by molar-refractivity contribution is 0.102.